The van der Waals surface area contributed by atoms with Crippen LogP contribution in [0.3, 0.4) is 0 Å². The minimum absolute atomic E-state index is 0.177. The van der Waals surface area contributed by atoms with Crippen molar-refractivity contribution in [1.29, 1.82) is 0 Å². The molecule has 0 N–H and O–H groups in total. The molecule has 0 saturated heterocycles. The highest BCUT2D eigenvalue weighted by Crippen LogP contribution is 2.44. The van der Waals surface area contributed by atoms with E-state index in [4.69, 9.17) is 26.2 Å². The first-order valence-corrected chi connectivity index (χ1v) is 17.0. The van der Waals surface area contributed by atoms with E-state index in [1.165, 1.54) is 11.3 Å². The van der Waals surface area contributed by atoms with Crippen molar-refractivity contribution in [2.24, 2.45) is 0 Å². The van der Waals surface area contributed by atoms with Gasteiger partial charge in [-0.25, -0.2) is 15.0 Å². The van der Waals surface area contributed by atoms with Crippen LogP contribution in [0.1, 0.15) is 6.85 Å². The molecule has 3 aromatic heterocycles. The molecule has 0 bridgehead atoms. The molecule has 0 saturated carbocycles. The molecule has 0 fully saturated rings. The number of benzene rings is 7. The summed E-state index contributed by atoms with van der Waals surface area (Å²) in [7, 11) is 0. The van der Waals surface area contributed by atoms with Crippen molar-refractivity contribution in [3.8, 4) is 56.4 Å². The first-order chi connectivity index (χ1) is 26.8. The van der Waals surface area contributed by atoms with E-state index in [9.17, 15) is 0 Å². The number of thiophene rings is 1. The number of rotatable bonds is 5. The van der Waals surface area contributed by atoms with Crippen LogP contribution in [0, 0.1) is 0 Å². The standard InChI is InChI=1S/C45H27N3OS/c1-4-12-28(13-5-1)33-24-37(29-14-6-2-7-15-29)42-38(25-33)36-23-21-32(27-41(36)50-42)45-47-43(30-16-8-3-9-17-30)46-44(48-45)31-20-22-35-34-18-10-11-19-39(34)49-40(35)26-31/h1-27H/i2D,6D,7D,14D,15D. The average molecular weight is 663 g/mol. The Morgan fingerprint density at radius 1 is 0.440 bits per heavy atom. The largest absolute Gasteiger partial charge is 0.456 e. The molecule has 0 atom stereocenters. The highest BCUT2D eigenvalue weighted by molar-refractivity contribution is 7.26. The van der Waals surface area contributed by atoms with Gasteiger partial charge in [0.2, 0.25) is 0 Å². The highest BCUT2D eigenvalue weighted by Gasteiger charge is 2.18. The summed E-state index contributed by atoms with van der Waals surface area (Å²) in [5.74, 6) is 1.56. The van der Waals surface area contributed by atoms with Crippen LogP contribution in [0.5, 0.6) is 0 Å². The third-order valence-electron chi connectivity index (χ3n) is 9.01. The molecular weight excluding hydrogens is 631 g/mol. The van der Waals surface area contributed by atoms with Crippen LogP contribution in [0.15, 0.2) is 168 Å². The van der Waals surface area contributed by atoms with E-state index >= 15 is 0 Å². The van der Waals surface area contributed by atoms with Crippen molar-refractivity contribution in [1.82, 2.24) is 15.0 Å². The van der Waals surface area contributed by atoms with Crippen molar-refractivity contribution in [2.75, 3.05) is 0 Å². The molecule has 0 radical (unpaired) electrons. The topological polar surface area (TPSA) is 51.8 Å². The molecule has 3 heterocycles. The number of nitrogens with zero attached hydrogens (tertiary/aromatic N) is 3. The van der Waals surface area contributed by atoms with Crippen LogP contribution in [0.25, 0.3) is 98.5 Å². The molecule has 10 aromatic rings. The number of furan rings is 1. The van der Waals surface area contributed by atoms with Gasteiger partial charge in [0.15, 0.2) is 17.5 Å². The Labute approximate surface area is 299 Å². The zero-order valence-corrected chi connectivity index (χ0v) is 27.2. The Hall–Kier alpha value is -6.43. The molecular formula is C45H27N3OS. The quantitative estimate of drug-likeness (QED) is 0.184. The third-order valence-corrected chi connectivity index (χ3v) is 10.2. The van der Waals surface area contributed by atoms with Crippen LogP contribution in [-0.2, 0) is 0 Å². The summed E-state index contributed by atoms with van der Waals surface area (Å²) in [6, 6.07) is 42.3. The summed E-state index contributed by atoms with van der Waals surface area (Å²) in [6.07, 6.45) is 0. The van der Waals surface area contributed by atoms with Gasteiger partial charge in [0.1, 0.15) is 11.2 Å². The lowest BCUT2D eigenvalue weighted by Crippen LogP contribution is -2.00. The second kappa shape index (κ2) is 11.6. The van der Waals surface area contributed by atoms with Crippen molar-refractivity contribution < 1.29 is 11.3 Å². The summed E-state index contributed by atoms with van der Waals surface area (Å²) in [4.78, 5) is 14.9. The average Bonchev–Trinajstić information content (AvgIpc) is 3.80. The normalized spacial score (nSPS) is 13.0. The molecule has 10 rings (SSSR count). The van der Waals surface area contributed by atoms with Gasteiger partial charge in [0.05, 0.1) is 6.85 Å². The summed E-state index contributed by atoms with van der Waals surface area (Å²) in [5.41, 5.74) is 6.62. The molecule has 0 amide bonds. The number of para-hydroxylation sites is 1. The fraction of sp³-hybridized carbons (Fsp3) is 0. The Morgan fingerprint density at radius 2 is 1.06 bits per heavy atom. The van der Waals surface area contributed by atoms with Gasteiger partial charge >= 0.3 is 0 Å². The van der Waals surface area contributed by atoms with Crippen LogP contribution in [0.2, 0.25) is 0 Å². The van der Waals surface area contributed by atoms with Gasteiger partial charge in [0.25, 0.3) is 0 Å². The van der Waals surface area contributed by atoms with Gasteiger partial charge in [-0.15, -0.1) is 11.3 Å². The maximum atomic E-state index is 8.86. The van der Waals surface area contributed by atoms with E-state index in [1.807, 2.05) is 109 Å². The summed E-state index contributed by atoms with van der Waals surface area (Å²) < 4.78 is 50.8. The number of aromatic nitrogens is 3. The van der Waals surface area contributed by atoms with Gasteiger partial charge in [-0.05, 0) is 53.1 Å². The smallest absolute Gasteiger partial charge is 0.164 e. The fourth-order valence-electron chi connectivity index (χ4n) is 6.60. The highest BCUT2D eigenvalue weighted by atomic mass is 32.1. The van der Waals surface area contributed by atoms with Crippen LogP contribution >= 0.6 is 11.3 Å². The number of hydrogen-bond donors (Lipinski definition) is 0. The molecule has 50 heavy (non-hydrogen) atoms. The van der Waals surface area contributed by atoms with Gasteiger partial charge in [-0.3, -0.25) is 0 Å². The lowest BCUT2D eigenvalue weighted by molar-refractivity contribution is 0.669. The predicted octanol–water partition coefficient (Wildman–Crippen LogP) is 12.5. The van der Waals surface area contributed by atoms with Gasteiger partial charge in [-0.1, -0.05) is 127 Å². The van der Waals surface area contributed by atoms with E-state index in [-0.39, 0.29) is 29.7 Å². The van der Waals surface area contributed by atoms with Crippen molar-refractivity contribution in [3.63, 3.8) is 0 Å². The summed E-state index contributed by atoms with van der Waals surface area (Å²) in [6.45, 7) is 0. The van der Waals surface area contributed by atoms with Gasteiger partial charge < -0.3 is 4.42 Å². The van der Waals surface area contributed by atoms with E-state index in [2.05, 4.69) is 24.3 Å². The maximum Gasteiger partial charge on any atom is 0.164 e. The van der Waals surface area contributed by atoms with Gasteiger partial charge in [-0.2, -0.15) is 0 Å². The van der Waals surface area contributed by atoms with E-state index < -0.39 is 6.04 Å². The summed E-state index contributed by atoms with van der Waals surface area (Å²) in [5, 5.41) is 3.97. The van der Waals surface area contributed by atoms with E-state index in [0.717, 1.165) is 69.9 Å². The first kappa shape index (κ1) is 23.8. The molecule has 5 heteroatoms. The Balaban J connectivity index is 1.18. The van der Waals surface area contributed by atoms with Crippen molar-refractivity contribution >= 4 is 53.4 Å². The monoisotopic (exact) mass is 662 g/mol. The maximum absolute atomic E-state index is 8.86. The molecule has 0 aliphatic carbocycles. The predicted molar refractivity (Wildman–Crippen MR) is 207 cm³/mol. The fourth-order valence-corrected chi connectivity index (χ4v) is 7.84. The zero-order chi connectivity index (χ0) is 37.4. The molecule has 7 aromatic carbocycles. The molecule has 0 aliphatic heterocycles. The minimum Gasteiger partial charge on any atom is -0.456 e. The SMILES string of the molecule is [2H]c1c([2H])c([2H])c(-c2cc(-c3ccccc3)cc3c2sc2cc(-c4nc(-c5ccccc5)nc(-c5ccc6c(c5)oc5ccccc56)n4)ccc23)c([2H])c1[2H]. The Bertz CT molecular complexity index is 3130. The lowest BCUT2D eigenvalue weighted by Gasteiger charge is -2.09. The van der Waals surface area contributed by atoms with Crippen molar-refractivity contribution in [2.45, 2.75) is 0 Å². The van der Waals surface area contributed by atoms with E-state index in [0.29, 0.717) is 23.0 Å². The molecule has 0 spiro atoms. The third kappa shape index (κ3) is 4.87. The minimum atomic E-state index is -0.417. The molecule has 0 aliphatic rings. The lowest BCUT2D eigenvalue weighted by atomic mass is 9.96. The second-order valence-electron chi connectivity index (χ2n) is 12.1. The molecule has 234 valence electrons. The molecule has 4 nitrogen and oxygen atoms in total. The number of fused-ring (bicyclic) bond motifs is 6. The summed E-state index contributed by atoms with van der Waals surface area (Å²) >= 11 is 1.51. The molecule has 0 unspecified atom stereocenters. The van der Waals surface area contributed by atoms with Gasteiger partial charge in [0, 0.05) is 53.2 Å². The Morgan fingerprint density at radius 3 is 1.82 bits per heavy atom. The van der Waals surface area contributed by atoms with Crippen LogP contribution in [-0.4, -0.2) is 15.0 Å². The Kier molecular flexibility index (Phi) is 5.54. The van der Waals surface area contributed by atoms with Crippen LogP contribution in [0.4, 0.5) is 0 Å². The first-order valence-electron chi connectivity index (χ1n) is 18.7. The van der Waals surface area contributed by atoms with Crippen LogP contribution < -0.4 is 0 Å². The van der Waals surface area contributed by atoms with Crippen molar-refractivity contribution in [3.05, 3.63) is 164 Å². The zero-order valence-electron chi connectivity index (χ0n) is 31.4. The number of hydrogen-bond acceptors (Lipinski definition) is 5. The second-order valence-corrected chi connectivity index (χ2v) is 13.1. The van der Waals surface area contributed by atoms with E-state index in [1.54, 1.807) is 0 Å².